The van der Waals surface area contributed by atoms with Crippen LogP contribution in [-0.2, 0) is 0 Å². The summed E-state index contributed by atoms with van der Waals surface area (Å²) in [5.74, 6) is 0. The first-order valence-electron chi connectivity index (χ1n) is 5.06. The summed E-state index contributed by atoms with van der Waals surface area (Å²) >= 11 is 0. The van der Waals surface area contributed by atoms with Gasteiger partial charge in [0.15, 0.2) is 0 Å². The van der Waals surface area contributed by atoms with Gasteiger partial charge in [0.05, 0.1) is 6.10 Å². The van der Waals surface area contributed by atoms with Crippen LogP contribution < -0.4 is 11.1 Å². The first-order chi connectivity index (χ1) is 7.13. The van der Waals surface area contributed by atoms with Crippen molar-refractivity contribution in [2.45, 2.75) is 25.7 Å². The molecule has 4 heteroatoms. The van der Waals surface area contributed by atoms with E-state index < -0.39 is 12.3 Å². The van der Waals surface area contributed by atoms with Crippen LogP contribution in [0.1, 0.15) is 25.0 Å². The topological polar surface area (TPSA) is 78.5 Å². The molecule has 84 valence electrons. The molecule has 0 saturated carbocycles. The van der Waals surface area contributed by atoms with Gasteiger partial charge in [0.25, 0.3) is 0 Å². The molecule has 1 aromatic rings. The fourth-order valence-electron chi connectivity index (χ4n) is 1.37. The highest BCUT2D eigenvalue weighted by atomic mass is 16.3. The molecule has 0 aromatic heterocycles. The van der Waals surface area contributed by atoms with Crippen molar-refractivity contribution in [3.8, 4) is 0 Å². The van der Waals surface area contributed by atoms with Crippen molar-refractivity contribution < 1.29 is 10.2 Å². The molecule has 0 spiro atoms. The van der Waals surface area contributed by atoms with Crippen LogP contribution in [0.3, 0.4) is 0 Å². The molecule has 0 aliphatic carbocycles. The lowest BCUT2D eigenvalue weighted by molar-refractivity contribution is 0.170. The Bertz CT molecular complexity index is 285. The van der Waals surface area contributed by atoms with Gasteiger partial charge in [0, 0.05) is 5.69 Å². The Morgan fingerprint density at radius 3 is 2.33 bits per heavy atom. The van der Waals surface area contributed by atoms with Crippen molar-refractivity contribution in [2.24, 2.45) is 5.73 Å². The van der Waals surface area contributed by atoms with E-state index in [1.165, 1.54) is 0 Å². The maximum absolute atomic E-state index is 9.64. The zero-order valence-electron chi connectivity index (χ0n) is 8.85. The second kappa shape index (κ2) is 5.70. The van der Waals surface area contributed by atoms with Crippen LogP contribution in [0.5, 0.6) is 0 Å². The molecule has 5 N–H and O–H groups in total. The fourth-order valence-corrected chi connectivity index (χ4v) is 1.37. The number of hydrogen-bond acceptors (Lipinski definition) is 4. The summed E-state index contributed by atoms with van der Waals surface area (Å²) in [6, 6.07) is 7.29. The van der Waals surface area contributed by atoms with Crippen LogP contribution >= 0.6 is 0 Å². The average Bonchev–Trinajstić information content (AvgIpc) is 2.18. The van der Waals surface area contributed by atoms with Gasteiger partial charge in [-0.3, -0.25) is 0 Å². The number of hydrogen-bond donors (Lipinski definition) is 4. The highest BCUT2D eigenvalue weighted by molar-refractivity contribution is 5.45. The number of benzene rings is 1. The van der Waals surface area contributed by atoms with Crippen molar-refractivity contribution in [1.82, 2.24) is 0 Å². The van der Waals surface area contributed by atoms with Gasteiger partial charge in [-0.2, -0.15) is 0 Å². The first-order valence-corrected chi connectivity index (χ1v) is 5.06. The van der Waals surface area contributed by atoms with Gasteiger partial charge >= 0.3 is 0 Å². The molecule has 0 amide bonds. The zero-order valence-corrected chi connectivity index (χ0v) is 8.85. The third-order valence-corrected chi connectivity index (χ3v) is 2.11. The molecule has 0 radical (unpaired) electrons. The molecule has 4 nitrogen and oxygen atoms in total. The second-order valence-corrected chi connectivity index (χ2v) is 3.54. The molecule has 0 fully saturated rings. The van der Waals surface area contributed by atoms with E-state index in [9.17, 15) is 5.11 Å². The van der Waals surface area contributed by atoms with Gasteiger partial charge < -0.3 is 21.3 Å². The minimum absolute atomic E-state index is 0.467. The molecule has 0 heterocycles. The molecule has 0 aliphatic rings. The lowest BCUT2D eigenvalue weighted by Gasteiger charge is -2.12. The van der Waals surface area contributed by atoms with Gasteiger partial charge in [-0.25, -0.2) is 0 Å². The van der Waals surface area contributed by atoms with Crippen LogP contribution in [0.2, 0.25) is 0 Å². The third kappa shape index (κ3) is 3.87. The van der Waals surface area contributed by atoms with E-state index in [2.05, 4.69) is 5.32 Å². The number of nitrogens with two attached hydrogens (primary N) is 1. The Morgan fingerprint density at radius 1 is 1.27 bits per heavy atom. The standard InChI is InChI=1S/C11H18N2O2/c1-8(14)13-10-4-2-9(3-5-10)11(15)6-7-12/h2-5,8,11,13-15H,6-7,12H2,1H3. The summed E-state index contributed by atoms with van der Waals surface area (Å²) in [5.41, 5.74) is 7.03. The highest BCUT2D eigenvalue weighted by Crippen LogP contribution is 2.18. The number of aliphatic hydroxyl groups is 2. The molecule has 0 aliphatic heterocycles. The van der Waals surface area contributed by atoms with E-state index in [1.807, 2.05) is 24.3 Å². The van der Waals surface area contributed by atoms with Crippen molar-refractivity contribution in [2.75, 3.05) is 11.9 Å². The summed E-state index contributed by atoms with van der Waals surface area (Å²) in [6.45, 7) is 2.12. The Labute approximate surface area is 89.7 Å². The molecule has 1 aromatic carbocycles. The maximum atomic E-state index is 9.64. The predicted molar refractivity (Wildman–Crippen MR) is 60.4 cm³/mol. The average molecular weight is 210 g/mol. The Kier molecular flexibility index (Phi) is 4.55. The smallest absolute Gasteiger partial charge is 0.121 e. The number of aliphatic hydroxyl groups excluding tert-OH is 2. The Balaban J connectivity index is 2.63. The van der Waals surface area contributed by atoms with E-state index in [0.717, 1.165) is 11.3 Å². The van der Waals surface area contributed by atoms with Crippen molar-refractivity contribution in [3.05, 3.63) is 29.8 Å². The van der Waals surface area contributed by atoms with Crippen molar-refractivity contribution >= 4 is 5.69 Å². The maximum Gasteiger partial charge on any atom is 0.121 e. The SMILES string of the molecule is CC(O)Nc1ccc(C(O)CCN)cc1. The summed E-state index contributed by atoms with van der Waals surface area (Å²) in [4.78, 5) is 0. The first kappa shape index (κ1) is 12.0. The molecule has 1 rings (SSSR count). The lowest BCUT2D eigenvalue weighted by Crippen LogP contribution is -2.13. The molecule has 0 saturated heterocycles. The molecular weight excluding hydrogens is 192 g/mol. The fraction of sp³-hybridized carbons (Fsp3) is 0.455. The molecule has 2 unspecified atom stereocenters. The van der Waals surface area contributed by atoms with Crippen LogP contribution in [0, 0.1) is 0 Å². The summed E-state index contributed by atoms with van der Waals surface area (Å²) in [5, 5.41) is 21.6. The monoisotopic (exact) mass is 210 g/mol. The highest BCUT2D eigenvalue weighted by Gasteiger charge is 2.05. The minimum Gasteiger partial charge on any atom is -0.388 e. The quantitative estimate of drug-likeness (QED) is 0.542. The van der Waals surface area contributed by atoms with Crippen molar-refractivity contribution in [1.29, 1.82) is 0 Å². The zero-order chi connectivity index (χ0) is 11.3. The second-order valence-electron chi connectivity index (χ2n) is 3.54. The number of nitrogens with one attached hydrogen (secondary N) is 1. The van der Waals surface area contributed by atoms with E-state index >= 15 is 0 Å². The van der Waals surface area contributed by atoms with Crippen LogP contribution in [0.4, 0.5) is 5.69 Å². The van der Waals surface area contributed by atoms with Crippen LogP contribution in [0.25, 0.3) is 0 Å². The van der Waals surface area contributed by atoms with Crippen LogP contribution in [0.15, 0.2) is 24.3 Å². The van der Waals surface area contributed by atoms with Gasteiger partial charge in [-0.15, -0.1) is 0 Å². The minimum atomic E-state index is -0.579. The van der Waals surface area contributed by atoms with E-state index in [0.29, 0.717) is 13.0 Å². The van der Waals surface area contributed by atoms with E-state index in [1.54, 1.807) is 6.92 Å². The summed E-state index contributed by atoms with van der Waals surface area (Å²) in [6.07, 6.45) is -0.524. The van der Waals surface area contributed by atoms with Crippen molar-refractivity contribution in [3.63, 3.8) is 0 Å². The van der Waals surface area contributed by atoms with Gasteiger partial charge in [0.1, 0.15) is 6.23 Å². The van der Waals surface area contributed by atoms with Crippen LogP contribution in [-0.4, -0.2) is 23.0 Å². The molecular formula is C11H18N2O2. The summed E-state index contributed by atoms with van der Waals surface area (Å²) < 4.78 is 0. The predicted octanol–water partition coefficient (Wildman–Crippen LogP) is 0.819. The van der Waals surface area contributed by atoms with Gasteiger partial charge in [-0.1, -0.05) is 12.1 Å². The summed E-state index contributed by atoms with van der Waals surface area (Å²) in [7, 11) is 0. The van der Waals surface area contributed by atoms with E-state index in [4.69, 9.17) is 10.8 Å². The Morgan fingerprint density at radius 2 is 1.87 bits per heavy atom. The van der Waals surface area contributed by atoms with Gasteiger partial charge in [0.2, 0.25) is 0 Å². The molecule has 15 heavy (non-hydrogen) atoms. The van der Waals surface area contributed by atoms with Gasteiger partial charge in [-0.05, 0) is 37.6 Å². The largest absolute Gasteiger partial charge is 0.388 e. The molecule has 0 bridgehead atoms. The Hall–Kier alpha value is -1.10. The lowest BCUT2D eigenvalue weighted by atomic mass is 10.1. The molecule has 2 atom stereocenters. The normalized spacial score (nSPS) is 14.7. The third-order valence-electron chi connectivity index (χ3n) is 2.11. The number of rotatable bonds is 5. The van der Waals surface area contributed by atoms with E-state index in [-0.39, 0.29) is 0 Å². The number of anilines is 1.